The molecule has 1 aliphatic rings. The SMILES string of the molecule is CNCc1ccc(Cl)cc1Oc1ccc2c(c1)CCCC2. The highest BCUT2D eigenvalue weighted by atomic mass is 35.5. The fourth-order valence-electron chi connectivity index (χ4n) is 2.86. The van der Waals surface area contributed by atoms with Crippen LogP contribution in [0.25, 0.3) is 0 Å². The predicted molar refractivity (Wildman–Crippen MR) is 87.4 cm³/mol. The Kier molecular flexibility index (Phi) is 4.47. The molecule has 110 valence electrons. The van der Waals surface area contributed by atoms with Crippen LogP contribution >= 0.6 is 11.6 Å². The predicted octanol–water partition coefficient (Wildman–Crippen LogP) is 4.73. The Morgan fingerprint density at radius 3 is 2.67 bits per heavy atom. The van der Waals surface area contributed by atoms with Crippen LogP contribution in [-0.4, -0.2) is 7.05 Å². The minimum Gasteiger partial charge on any atom is -0.457 e. The van der Waals surface area contributed by atoms with E-state index in [2.05, 4.69) is 23.5 Å². The highest BCUT2D eigenvalue weighted by molar-refractivity contribution is 6.30. The van der Waals surface area contributed by atoms with Crippen molar-refractivity contribution in [1.29, 1.82) is 0 Å². The van der Waals surface area contributed by atoms with Crippen LogP contribution in [0.4, 0.5) is 0 Å². The molecular formula is C18H20ClNO. The number of rotatable bonds is 4. The molecule has 0 radical (unpaired) electrons. The summed E-state index contributed by atoms with van der Waals surface area (Å²) in [6, 6.07) is 12.2. The van der Waals surface area contributed by atoms with Crippen molar-refractivity contribution >= 4 is 11.6 Å². The van der Waals surface area contributed by atoms with Gasteiger partial charge in [0, 0.05) is 17.1 Å². The normalized spacial score (nSPS) is 13.8. The molecule has 0 saturated carbocycles. The Bertz CT molecular complexity index is 639. The zero-order chi connectivity index (χ0) is 14.7. The molecule has 0 unspecified atom stereocenters. The molecule has 1 N–H and O–H groups in total. The molecule has 2 nitrogen and oxygen atoms in total. The molecule has 2 aromatic carbocycles. The lowest BCUT2D eigenvalue weighted by molar-refractivity contribution is 0.472. The van der Waals surface area contributed by atoms with Crippen molar-refractivity contribution in [3.05, 3.63) is 58.1 Å². The van der Waals surface area contributed by atoms with Gasteiger partial charge in [0.05, 0.1) is 0 Å². The van der Waals surface area contributed by atoms with E-state index in [0.717, 1.165) is 30.0 Å². The van der Waals surface area contributed by atoms with Gasteiger partial charge in [0.25, 0.3) is 0 Å². The first-order valence-corrected chi connectivity index (χ1v) is 7.87. The van der Waals surface area contributed by atoms with Crippen LogP contribution in [-0.2, 0) is 19.4 Å². The molecule has 0 fully saturated rings. The number of aryl methyl sites for hydroxylation is 2. The summed E-state index contributed by atoms with van der Waals surface area (Å²) >= 11 is 6.10. The van der Waals surface area contributed by atoms with Crippen LogP contribution in [0.15, 0.2) is 36.4 Å². The maximum atomic E-state index is 6.10. The van der Waals surface area contributed by atoms with Gasteiger partial charge in [-0.1, -0.05) is 23.7 Å². The van der Waals surface area contributed by atoms with Crippen LogP contribution < -0.4 is 10.1 Å². The molecule has 2 aromatic rings. The van der Waals surface area contributed by atoms with Gasteiger partial charge >= 0.3 is 0 Å². The van der Waals surface area contributed by atoms with Gasteiger partial charge in [0.1, 0.15) is 11.5 Å². The van der Waals surface area contributed by atoms with Gasteiger partial charge in [-0.3, -0.25) is 0 Å². The summed E-state index contributed by atoms with van der Waals surface area (Å²) in [6.45, 7) is 0.761. The highest BCUT2D eigenvalue weighted by Gasteiger charge is 2.11. The van der Waals surface area contributed by atoms with Crippen molar-refractivity contribution in [3.8, 4) is 11.5 Å². The van der Waals surface area contributed by atoms with Crippen molar-refractivity contribution < 1.29 is 4.74 Å². The summed E-state index contributed by atoms with van der Waals surface area (Å²) in [5.41, 5.74) is 4.01. The molecular weight excluding hydrogens is 282 g/mol. The first-order valence-electron chi connectivity index (χ1n) is 7.49. The van der Waals surface area contributed by atoms with E-state index >= 15 is 0 Å². The van der Waals surface area contributed by atoms with Crippen LogP contribution in [0.3, 0.4) is 0 Å². The van der Waals surface area contributed by atoms with E-state index in [0.29, 0.717) is 5.02 Å². The largest absolute Gasteiger partial charge is 0.457 e. The third kappa shape index (κ3) is 3.39. The lowest BCUT2D eigenvalue weighted by Gasteiger charge is -2.17. The number of nitrogens with one attached hydrogen (secondary N) is 1. The summed E-state index contributed by atoms with van der Waals surface area (Å²) in [5, 5.41) is 3.85. The molecule has 0 bridgehead atoms. The number of halogens is 1. The quantitative estimate of drug-likeness (QED) is 0.881. The first kappa shape index (κ1) is 14.4. The molecule has 3 rings (SSSR count). The van der Waals surface area contributed by atoms with E-state index in [1.807, 2.05) is 25.2 Å². The summed E-state index contributed by atoms with van der Waals surface area (Å²) in [7, 11) is 1.93. The highest BCUT2D eigenvalue weighted by Crippen LogP contribution is 2.31. The summed E-state index contributed by atoms with van der Waals surface area (Å²) in [5.74, 6) is 1.72. The average molecular weight is 302 g/mol. The summed E-state index contributed by atoms with van der Waals surface area (Å²) in [4.78, 5) is 0. The van der Waals surface area contributed by atoms with Crippen molar-refractivity contribution in [3.63, 3.8) is 0 Å². The molecule has 3 heteroatoms. The van der Waals surface area contributed by atoms with Gasteiger partial charge in [0.2, 0.25) is 0 Å². The molecule has 1 aliphatic carbocycles. The molecule has 0 aliphatic heterocycles. The van der Waals surface area contributed by atoms with Gasteiger partial charge in [-0.05, 0) is 68.1 Å². The molecule has 0 saturated heterocycles. The fraction of sp³-hybridized carbons (Fsp3) is 0.333. The molecule has 0 heterocycles. The van der Waals surface area contributed by atoms with Crippen molar-refractivity contribution in [2.75, 3.05) is 7.05 Å². The van der Waals surface area contributed by atoms with Crippen molar-refractivity contribution in [2.45, 2.75) is 32.2 Å². The monoisotopic (exact) mass is 301 g/mol. The number of fused-ring (bicyclic) bond motifs is 1. The zero-order valence-electron chi connectivity index (χ0n) is 12.3. The second-order valence-corrected chi connectivity index (χ2v) is 5.96. The van der Waals surface area contributed by atoms with Crippen molar-refractivity contribution in [2.24, 2.45) is 0 Å². The second kappa shape index (κ2) is 6.50. The summed E-state index contributed by atoms with van der Waals surface area (Å²) < 4.78 is 6.08. The van der Waals surface area contributed by atoms with Crippen LogP contribution in [0.2, 0.25) is 5.02 Å². The number of hydrogen-bond donors (Lipinski definition) is 1. The van der Waals surface area contributed by atoms with Gasteiger partial charge in [-0.25, -0.2) is 0 Å². The third-order valence-corrected chi connectivity index (χ3v) is 4.18. The maximum Gasteiger partial charge on any atom is 0.133 e. The van der Waals surface area contributed by atoms with E-state index in [1.54, 1.807) is 0 Å². The Labute approximate surface area is 131 Å². The van der Waals surface area contributed by atoms with Gasteiger partial charge in [-0.2, -0.15) is 0 Å². The fourth-order valence-corrected chi connectivity index (χ4v) is 3.02. The second-order valence-electron chi connectivity index (χ2n) is 5.52. The Morgan fingerprint density at radius 1 is 1.05 bits per heavy atom. The topological polar surface area (TPSA) is 21.3 Å². The van der Waals surface area contributed by atoms with Gasteiger partial charge < -0.3 is 10.1 Å². The van der Waals surface area contributed by atoms with E-state index in [9.17, 15) is 0 Å². The number of hydrogen-bond acceptors (Lipinski definition) is 2. The molecule has 0 spiro atoms. The van der Waals surface area contributed by atoms with E-state index < -0.39 is 0 Å². The average Bonchev–Trinajstić information content (AvgIpc) is 2.50. The maximum absolute atomic E-state index is 6.10. The minimum absolute atomic E-state index is 0.697. The van der Waals surface area contributed by atoms with E-state index in [1.165, 1.54) is 30.4 Å². The van der Waals surface area contributed by atoms with Crippen LogP contribution in [0.1, 0.15) is 29.5 Å². The lowest BCUT2D eigenvalue weighted by atomic mass is 9.92. The number of benzene rings is 2. The molecule has 0 aromatic heterocycles. The van der Waals surface area contributed by atoms with Gasteiger partial charge in [0.15, 0.2) is 0 Å². The smallest absolute Gasteiger partial charge is 0.133 e. The molecule has 21 heavy (non-hydrogen) atoms. The zero-order valence-corrected chi connectivity index (χ0v) is 13.0. The first-order chi connectivity index (χ1) is 10.3. The van der Waals surface area contributed by atoms with Crippen LogP contribution in [0.5, 0.6) is 11.5 Å². The van der Waals surface area contributed by atoms with E-state index in [-0.39, 0.29) is 0 Å². The Balaban J connectivity index is 1.87. The third-order valence-electron chi connectivity index (χ3n) is 3.94. The Morgan fingerprint density at radius 2 is 1.86 bits per heavy atom. The van der Waals surface area contributed by atoms with Crippen LogP contribution in [0, 0.1) is 0 Å². The van der Waals surface area contributed by atoms with E-state index in [4.69, 9.17) is 16.3 Å². The standard InChI is InChI=1S/C18H20ClNO/c1-20-12-15-6-8-16(19)11-18(15)21-17-9-7-13-4-2-3-5-14(13)10-17/h6-11,20H,2-5,12H2,1H3. The summed E-state index contributed by atoms with van der Waals surface area (Å²) in [6.07, 6.45) is 4.93. The lowest BCUT2D eigenvalue weighted by Crippen LogP contribution is -2.06. The molecule has 0 amide bonds. The van der Waals surface area contributed by atoms with Gasteiger partial charge in [-0.15, -0.1) is 0 Å². The molecule has 0 atom stereocenters. The number of ether oxygens (including phenoxy) is 1. The van der Waals surface area contributed by atoms with Crippen molar-refractivity contribution in [1.82, 2.24) is 5.32 Å². The minimum atomic E-state index is 0.697. The Hall–Kier alpha value is -1.51.